The van der Waals surface area contributed by atoms with Gasteiger partial charge in [-0.25, -0.2) is 0 Å². The molecule has 0 atom stereocenters. The first-order valence-corrected chi connectivity index (χ1v) is 8.08. The van der Waals surface area contributed by atoms with Gasteiger partial charge in [-0.15, -0.1) is 0 Å². The van der Waals surface area contributed by atoms with Gasteiger partial charge in [0, 0.05) is 11.4 Å². The Morgan fingerprint density at radius 3 is 1.45 bits per heavy atom. The second-order valence-corrected chi connectivity index (χ2v) is 6.80. The Kier molecular flexibility index (Phi) is 4.52. The number of alkyl halides is 9. The zero-order chi connectivity index (χ0) is 22.0. The highest BCUT2D eigenvalue weighted by Crippen LogP contribution is 2.59. The third-order valence-corrected chi connectivity index (χ3v) is 4.87. The van der Waals surface area contributed by atoms with E-state index >= 15 is 0 Å². The van der Waals surface area contributed by atoms with Crippen LogP contribution in [0.15, 0.2) is 36.4 Å². The number of halogens is 9. The fourth-order valence-corrected chi connectivity index (χ4v) is 3.42. The zero-order valence-electron chi connectivity index (χ0n) is 14.3. The molecule has 0 radical (unpaired) electrons. The molecule has 0 heterocycles. The summed E-state index contributed by atoms with van der Waals surface area (Å²) < 4.78 is 123. The summed E-state index contributed by atoms with van der Waals surface area (Å²) in [5.41, 5.74) is 9.70. The van der Waals surface area contributed by atoms with E-state index in [0.717, 1.165) is 12.1 Å². The van der Waals surface area contributed by atoms with Gasteiger partial charge in [-0.2, -0.15) is 39.5 Å². The van der Waals surface area contributed by atoms with Gasteiger partial charge in [-0.05, 0) is 52.9 Å². The van der Waals surface area contributed by atoms with Gasteiger partial charge < -0.3 is 11.5 Å². The molecule has 0 bridgehead atoms. The molecule has 1 aliphatic rings. The van der Waals surface area contributed by atoms with E-state index < -0.39 is 41.0 Å². The standard InChI is InChI=1S/C18H13F9N2/c19-15(20,16(21,22)17(23,24)18(25,26)27)14-12-6-10(28)3-1-8(12)5-9-2-4-11(29)7-13(9)14/h1-4,6-7,14H,5,28-29H2. The van der Waals surface area contributed by atoms with Crippen molar-refractivity contribution in [1.82, 2.24) is 0 Å². The summed E-state index contributed by atoms with van der Waals surface area (Å²) in [4.78, 5) is 0. The number of rotatable bonds is 3. The third-order valence-electron chi connectivity index (χ3n) is 4.87. The lowest BCUT2D eigenvalue weighted by atomic mass is 9.72. The Balaban J connectivity index is 2.29. The number of nitrogens with two attached hydrogens (primary N) is 2. The van der Waals surface area contributed by atoms with Gasteiger partial charge in [-0.3, -0.25) is 0 Å². The Labute approximate surface area is 158 Å². The molecule has 0 saturated heterocycles. The number of fused-ring (bicyclic) bond motifs is 2. The van der Waals surface area contributed by atoms with Gasteiger partial charge >= 0.3 is 23.9 Å². The molecule has 11 heteroatoms. The van der Waals surface area contributed by atoms with E-state index in [1.165, 1.54) is 24.3 Å². The first kappa shape index (κ1) is 21.1. The maximum absolute atomic E-state index is 14.9. The molecule has 2 nitrogen and oxygen atoms in total. The maximum atomic E-state index is 14.9. The van der Waals surface area contributed by atoms with Crippen LogP contribution in [0.1, 0.15) is 28.2 Å². The molecule has 0 fully saturated rings. The summed E-state index contributed by atoms with van der Waals surface area (Å²) >= 11 is 0. The average Bonchev–Trinajstić information content (AvgIpc) is 2.58. The van der Waals surface area contributed by atoms with Gasteiger partial charge in [0.25, 0.3) is 0 Å². The second-order valence-electron chi connectivity index (χ2n) is 6.80. The number of hydrogen-bond acceptors (Lipinski definition) is 2. The predicted octanol–water partition coefficient (Wildman–Crippen LogP) is 5.36. The fourth-order valence-electron chi connectivity index (χ4n) is 3.42. The minimum Gasteiger partial charge on any atom is -0.399 e. The minimum atomic E-state index is -6.98. The van der Waals surface area contributed by atoms with Crippen LogP contribution in [0.3, 0.4) is 0 Å². The van der Waals surface area contributed by atoms with E-state index in [4.69, 9.17) is 11.5 Å². The van der Waals surface area contributed by atoms with Crippen molar-refractivity contribution in [3.8, 4) is 0 Å². The fraction of sp³-hybridized carbons (Fsp3) is 0.333. The van der Waals surface area contributed by atoms with Gasteiger partial charge in [0.2, 0.25) is 0 Å². The van der Waals surface area contributed by atoms with Crippen molar-refractivity contribution < 1.29 is 39.5 Å². The third kappa shape index (κ3) is 2.98. The van der Waals surface area contributed by atoms with Crippen LogP contribution in [0, 0.1) is 0 Å². The minimum absolute atomic E-state index is 0.0426. The van der Waals surface area contributed by atoms with Gasteiger partial charge in [-0.1, -0.05) is 12.1 Å². The molecule has 0 amide bonds. The highest BCUT2D eigenvalue weighted by atomic mass is 19.4. The summed E-state index contributed by atoms with van der Waals surface area (Å²) in [7, 11) is 0. The molecule has 0 unspecified atom stereocenters. The van der Waals surface area contributed by atoms with Crippen molar-refractivity contribution in [2.75, 3.05) is 11.5 Å². The summed E-state index contributed by atoms with van der Waals surface area (Å²) in [6.07, 6.45) is -6.94. The molecule has 3 rings (SSSR count). The molecule has 2 aromatic carbocycles. The van der Waals surface area contributed by atoms with E-state index in [9.17, 15) is 39.5 Å². The highest BCUT2D eigenvalue weighted by Gasteiger charge is 2.83. The quantitative estimate of drug-likeness (QED) is 0.511. The van der Waals surface area contributed by atoms with E-state index in [0.29, 0.717) is 0 Å². The normalized spacial score (nSPS) is 15.8. The number of anilines is 2. The van der Waals surface area contributed by atoms with Crippen LogP contribution in [0.25, 0.3) is 0 Å². The SMILES string of the molecule is Nc1ccc2c(c1)C(C(F)(F)C(F)(F)C(F)(F)C(F)(F)F)c1cc(N)ccc1C2. The maximum Gasteiger partial charge on any atom is 0.460 e. The molecule has 29 heavy (non-hydrogen) atoms. The van der Waals surface area contributed by atoms with Gasteiger partial charge in [0.05, 0.1) is 5.92 Å². The van der Waals surface area contributed by atoms with Crippen LogP contribution in [-0.4, -0.2) is 23.9 Å². The molecule has 158 valence electrons. The molecule has 1 aliphatic carbocycles. The number of benzene rings is 2. The lowest BCUT2D eigenvalue weighted by Crippen LogP contribution is -2.62. The van der Waals surface area contributed by atoms with Crippen molar-refractivity contribution in [2.24, 2.45) is 0 Å². The first-order valence-electron chi connectivity index (χ1n) is 8.08. The van der Waals surface area contributed by atoms with Gasteiger partial charge in [0.1, 0.15) is 0 Å². The van der Waals surface area contributed by atoms with Crippen molar-refractivity contribution >= 4 is 11.4 Å². The summed E-state index contributed by atoms with van der Waals surface area (Å²) in [5.74, 6) is -22.4. The molecular weight excluding hydrogens is 415 g/mol. The van der Waals surface area contributed by atoms with Crippen LogP contribution in [-0.2, 0) is 6.42 Å². The van der Waals surface area contributed by atoms with Crippen LogP contribution in [0.4, 0.5) is 50.9 Å². The van der Waals surface area contributed by atoms with E-state index in [1.54, 1.807) is 0 Å². The average molecular weight is 428 g/mol. The number of nitrogen functional groups attached to an aromatic ring is 2. The summed E-state index contributed by atoms with van der Waals surface area (Å²) in [6, 6.07) is 6.74. The monoisotopic (exact) mass is 428 g/mol. The van der Waals surface area contributed by atoms with Crippen molar-refractivity contribution in [3.63, 3.8) is 0 Å². The van der Waals surface area contributed by atoms with E-state index in [2.05, 4.69) is 0 Å². The number of hydrogen-bond donors (Lipinski definition) is 2. The summed E-state index contributed by atoms with van der Waals surface area (Å²) in [5, 5.41) is 0. The Bertz CT molecular complexity index is 899. The topological polar surface area (TPSA) is 52.0 Å². The Hall–Kier alpha value is -2.59. The molecule has 2 aromatic rings. The highest BCUT2D eigenvalue weighted by molar-refractivity contribution is 5.59. The van der Waals surface area contributed by atoms with Crippen molar-refractivity contribution in [1.29, 1.82) is 0 Å². The molecule has 4 N–H and O–H groups in total. The van der Waals surface area contributed by atoms with Gasteiger partial charge in [0.15, 0.2) is 0 Å². The lowest BCUT2D eigenvalue weighted by Gasteiger charge is -2.40. The van der Waals surface area contributed by atoms with Crippen LogP contribution < -0.4 is 11.5 Å². The van der Waals surface area contributed by atoms with Crippen molar-refractivity contribution in [3.05, 3.63) is 58.7 Å². The van der Waals surface area contributed by atoms with Crippen molar-refractivity contribution in [2.45, 2.75) is 36.3 Å². The van der Waals surface area contributed by atoms with Crippen LogP contribution in [0.2, 0.25) is 0 Å². The predicted molar refractivity (Wildman–Crippen MR) is 87.3 cm³/mol. The largest absolute Gasteiger partial charge is 0.460 e. The van der Waals surface area contributed by atoms with E-state index in [-0.39, 0.29) is 28.9 Å². The summed E-state index contributed by atoms with van der Waals surface area (Å²) in [6.45, 7) is 0. The molecule has 0 spiro atoms. The lowest BCUT2D eigenvalue weighted by molar-refractivity contribution is -0.397. The second kappa shape index (κ2) is 6.20. The van der Waals surface area contributed by atoms with Crippen LogP contribution >= 0.6 is 0 Å². The smallest absolute Gasteiger partial charge is 0.399 e. The first-order chi connectivity index (χ1) is 13.1. The molecule has 0 saturated carbocycles. The molecule has 0 aromatic heterocycles. The Morgan fingerprint density at radius 1 is 0.655 bits per heavy atom. The Morgan fingerprint density at radius 2 is 1.07 bits per heavy atom. The molecule has 0 aliphatic heterocycles. The molecular formula is C18H13F9N2. The van der Waals surface area contributed by atoms with E-state index in [1.807, 2.05) is 0 Å². The zero-order valence-corrected chi connectivity index (χ0v) is 14.3. The van der Waals surface area contributed by atoms with Crippen LogP contribution in [0.5, 0.6) is 0 Å².